The van der Waals surface area contributed by atoms with Crippen LogP contribution in [0.4, 0.5) is 0 Å². The fourth-order valence-electron chi connectivity index (χ4n) is 1.70. The van der Waals surface area contributed by atoms with Gasteiger partial charge in [0.2, 0.25) is 0 Å². The van der Waals surface area contributed by atoms with E-state index in [-0.39, 0.29) is 41.9 Å². The van der Waals surface area contributed by atoms with Crippen molar-refractivity contribution in [3.05, 3.63) is 5.32 Å². The molecule has 0 aliphatic carbocycles. The predicted molar refractivity (Wildman–Crippen MR) is 84.1 cm³/mol. The molecule has 0 aliphatic heterocycles. The minimum absolute atomic E-state index is 0. The van der Waals surface area contributed by atoms with Crippen molar-refractivity contribution < 1.29 is 44.3 Å². The third-order valence-electron chi connectivity index (χ3n) is 3.05. The second-order valence-corrected chi connectivity index (χ2v) is 4.94. The number of carbonyl (C=O) groups is 2. The molecule has 4 nitrogen and oxygen atoms in total. The van der Waals surface area contributed by atoms with Crippen LogP contribution in [0.5, 0.6) is 0 Å². The van der Waals surface area contributed by atoms with Gasteiger partial charge in [-0.3, -0.25) is 4.79 Å². The van der Waals surface area contributed by atoms with Gasteiger partial charge in [0.1, 0.15) is 0 Å². The summed E-state index contributed by atoms with van der Waals surface area (Å²) in [6.07, 6.45) is 12.5. The molecule has 0 atom stereocenters. The number of hydrogen-bond donors (Lipinski definition) is 1. The molecule has 0 bridgehead atoms. The second kappa shape index (κ2) is 22.2. The Bertz CT molecular complexity index is 236. The zero-order valence-corrected chi connectivity index (χ0v) is 16.5. The van der Waals surface area contributed by atoms with Crippen molar-refractivity contribution in [3.8, 4) is 0 Å². The fourth-order valence-corrected chi connectivity index (χ4v) is 1.70. The molecule has 5 heteroatoms. The van der Waals surface area contributed by atoms with E-state index in [9.17, 15) is 9.59 Å². The Kier molecular flexibility index (Phi) is 27.4. The molecule has 0 rings (SSSR count). The number of aliphatic carboxylic acids is 1. The molecular formula is C16H32NNaO3. The van der Waals surface area contributed by atoms with Crippen LogP contribution in [0.15, 0.2) is 0 Å². The zero-order valence-electron chi connectivity index (χ0n) is 14.5. The molecule has 1 amide bonds. The summed E-state index contributed by atoms with van der Waals surface area (Å²) in [6, 6.07) is 0. The molecule has 0 aromatic heterocycles. The van der Waals surface area contributed by atoms with E-state index >= 15 is 0 Å². The van der Waals surface area contributed by atoms with Gasteiger partial charge < -0.3 is 15.2 Å². The van der Waals surface area contributed by atoms with Crippen LogP contribution in [0.1, 0.15) is 84.5 Å². The van der Waals surface area contributed by atoms with E-state index in [0.29, 0.717) is 6.42 Å². The van der Waals surface area contributed by atoms with Crippen LogP contribution in [-0.4, -0.2) is 24.0 Å². The molecule has 0 saturated heterocycles. The molecule has 0 radical (unpaired) electrons. The molecule has 120 valence electrons. The van der Waals surface area contributed by atoms with Gasteiger partial charge in [0.25, 0.3) is 0 Å². The number of unbranched alkanes of at least 4 members (excludes halogenated alkanes) is 8. The minimum atomic E-state index is -0.745. The summed E-state index contributed by atoms with van der Waals surface area (Å²) in [5, 5.41) is 11.3. The summed E-state index contributed by atoms with van der Waals surface area (Å²) in [6.45, 7) is 3.85. The normalized spacial score (nSPS) is 9.10. The van der Waals surface area contributed by atoms with Gasteiger partial charge in [0, 0.05) is 6.42 Å². The van der Waals surface area contributed by atoms with Crippen LogP contribution in [-0.2, 0) is 9.59 Å². The van der Waals surface area contributed by atoms with Gasteiger partial charge in [-0.2, -0.15) is 0 Å². The quantitative estimate of drug-likeness (QED) is 0.468. The molecule has 1 N–H and O–H groups in total. The standard InChI is InChI=1S/C13H27NO.C3H6O2.Na/c1-3-4-5-6-7-8-9-10-11-12-13(15)14-2;1-2-3(4)5;/h3-12H2,1-2H3,(H,14,15);2H2,1H3,(H,4,5);/q;;+1/p-1. The third kappa shape index (κ3) is 28.8. The summed E-state index contributed by atoms with van der Waals surface area (Å²) in [4.78, 5) is 20.2. The van der Waals surface area contributed by atoms with Crippen molar-refractivity contribution in [1.82, 2.24) is 0 Å². The van der Waals surface area contributed by atoms with Crippen molar-refractivity contribution in [3.63, 3.8) is 0 Å². The number of rotatable bonds is 11. The first-order valence-corrected chi connectivity index (χ1v) is 7.92. The zero-order chi connectivity index (χ0) is 15.6. The van der Waals surface area contributed by atoms with Gasteiger partial charge >= 0.3 is 35.5 Å². The van der Waals surface area contributed by atoms with Crippen LogP contribution in [0.3, 0.4) is 0 Å². The molecule has 0 spiro atoms. The maximum absolute atomic E-state index is 10.9. The summed E-state index contributed by atoms with van der Waals surface area (Å²) < 4.78 is 0. The maximum atomic E-state index is 10.9. The Morgan fingerprint density at radius 3 is 1.57 bits per heavy atom. The Hall–Kier alpha value is -0.0600. The smallest absolute Gasteiger partial charge is 0.656 e. The van der Waals surface area contributed by atoms with Gasteiger partial charge in [-0.25, -0.2) is 0 Å². The van der Waals surface area contributed by atoms with Gasteiger partial charge in [0.05, 0.1) is 5.91 Å². The molecule has 0 aliphatic rings. The average molecular weight is 309 g/mol. The van der Waals surface area contributed by atoms with Crippen LogP contribution in [0, 0.1) is 0 Å². The first-order valence-electron chi connectivity index (χ1n) is 7.92. The fraction of sp³-hybridized carbons (Fsp3) is 0.875. The van der Waals surface area contributed by atoms with E-state index in [2.05, 4.69) is 12.2 Å². The van der Waals surface area contributed by atoms with Gasteiger partial charge in [-0.15, -0.1) is 7.05 Å². The molecule has 0 aromatic rings. The maximum Gasteiger partial charge on any atom is 1.00 e. The SMILES string of the molecule is CCC(=O)O.CCCCCCCCCCCC(=O)[N-]C.[Na+]. The summed E-state index contributed by atoms with van der Waals surface area (Å²) >= 11 is 0. The van der Waals surface area contributed by atoms with Crippen LogP contribution < -0.4 is 29.6 Å². The van der Waals surface area contributed by atoms with Crippen molar-refractivity contribution >= 4 is 11.9 Å². The number of amides is 1. The number of carbonyl (C=O) groups excluding carboxylic acids is 1. The van der Waals surface area contributed by atoms with Gasteiger partial charge in [-0.05, 0) is 12.8 Å². The Morgan fingerprint density at radius 1 is 0.857 bits per heavy atom. The largest absolute Gasteiger partial charge is 1.00 e. The van der Waals surface area contributed by atoms with Crippen LogP contribution in [0.2, 0.25) is 0 Å². The topological polar surface area (TPSA) is 68.5 Å². The van der Waals surface area contributed by atoms with Crippen molar-refractivity contribution in [2.24, 2.45) is 0 Å². The molecular weight excluding hydrogens is 277 g/mol. The monoisotopic (exact) mass is 309 g/mol. The molecule has 21 heavy (non-hydrogen) atoms. The van der Waals surface area contributed by atoms with Crippen LogP contribution in [0.25, 0.3) is 5.32 Å². The summed E-state index contributed by atoms with van der Waals surface area (Å²) in [7, 11) is 1.58. The van der Waals surface area contributed by atoms with Gasteiger partial charge in [0.15, 0.2) is 0 Å². The van der Waals surface area contributed by atoms with E-state index in [1.54, 1.807) is 14.0 Å². The van der Waals surface area contributed by atoms with E-state index in [0.717, 1.165) is 6.42 Å². The van der Waals surface area contributed by atoms with Crippen LogP contribution >= 0.6 is 0 Å². The number of hydrogen-bond acceptors (Lipinski definition) is 2. The van der Waals surface area contributed by atoms with Crippen molar-refractivity contribution in [2.45, 2.75) is 84.5 Å². The number of carboxylic acids is 1. The average Bonchev–Trinajstić information content (AvgIpc) is 2.45. The van der Waals surface area contributed by atoms with Crippen molar-refractivity contribution in [1.29, 1.82) is 0 Å². The Labute approximate surface area is 152 Å². The first-order chi connectivity index (χ1) is 9.58. The second-order valence-electron chi connectivity index (χ2n) is 4.94. The van der Waals surface area contributed by atoms with E-state index in [1.807, 2.05) is 0 Å². The number of carboxylic acid groups (broad SMARTS) is 1. The molecule has 0 heterocycles. The summed E-state index contributed by atoms with van der Waals surface area (Å²) in [5.74, 6) is -0.692. The molecule has 0 unspecified atom stereocenters. The van der Waals surface area contributed by atoms with Gasteiger partial charge in [-0.1, -0.05) is 65.2 Å². The van der Waals surface area contributed by atoms with E-state index in [4.69, 9.17) is 5.11 Å². The summed E-state index contributed by atoms with van der Waals surface area (Å²) in [5.41, 5.74) is 0. The minimum Gasteiger partial charge on any atom is -0.656 e. The van der Waals surface area contributed by atoms with E-state index < -0.39 is 5.97 Å². The number of nitrogens with zero attached hydrogens (tertiary/aromatic N) is 1. The molecule has 0 fully saturated rings. The Balaban J connectivity index is -0.000000465. The molecule has 0 aromatic carbocycles. The van der Waals surface area contributed by atoms with Crippen molar-refractivity contribution in [2.75, 3.05) is 7.05 Å². The first kappa shape index (κ1) is 25.9. The molecule has 0 saturated carbocycles. The third-order valence-corrected chi connectivity index (χ3v) is 3.05. The predicted octanol–water partition coefficient (Wildman–Crippen LogP) is 1.92. The Morgan fingerprint density at radius 2 is 1.24 bits per heavy atom. The van der Waals surface area contributed by atoms with E-state index in [1.165, 1.54) is 51.4 Å².